The number of anilines is 2. The molecule has 2 atom stereocenters. The Morgan fingerprint density at radius 3 is 2.67 bits per heavy atom. The standard InChI is InChI=1S/C12H21N3O2S/c1-8(2)17-12-10(13)5-6-11(15-12)14-7-9(3)18(4)16/h5-6,8-9H,7,13H2,1-4H3,(H,14,15). The van der Waals surface area contributed by atoms with E-state index < -0.39 is 10.8 Å². The number of nitrogens with zero attached hydrogens (tertiary/aromatic N) is 1. The van der Waals surface area contributed by atoms with Crippen LogP contribution in [-0.4, -0.2) is 33.3 Å². The minimum atomic E-state index is -0.849. The minimum absolute atomic E-state index is 0.0251. The lowest BCUT2D eigenvalue weighted by atomic mass is 10.3. The number of rotatable bonds is 6. The summed E-state index contributed by atoms with van der Waals surface area (Å²) in [5.41, 5.74) is 6.29. The van der Waals surface area contributed by atoms with E-state index in [2.05, 4.69) is 10.3 Å². The minimum Gasteiger partial charge on any atom is -0.473 e. The van der Waals surface area contributed by atoms with Gasteiger partial charge in [-0.25, -0.2) is 0 Å². The third kappa shape index (κ3) is 4.52. The fraction of sp³-hybridized carbons (Fsp3) is 0.583. The Kier molecular flexibility index (Phi) is 5.40. The molecule has 5 nitrogen and oxygen atoms in total. The van der Waals surface area contributed by atoms with Crippen LogP contribution in [0.25, 0.3) is 0 Å². The molecule has 0 aliphatic carbocycles. The number of nitrogen functional groups attached to an aromatic ring is 1. The van der Waals surface area contributed by atoms with Crippen molar-refractivity contribution < 1.29 is 8.95 Å². The van der Waals surface area contributed by atoms with Crippen LogP contribution in [0, 0.1) is 0 Å². The van der Waals surface area contributed by atoms with Crippen LogP contribution < -0.4 is 15.8 Å². The molecule has 0 spiro atoms. The fourth-order valence-electron chi connectivity index (χ4n) is 1.23. The van der Waals surface area contributed by atoms with Crippen LogP contribution >= 0.6 is 0 Å². The van der Waals surface area contributed by atoms with Gasteiger partial charge in [0.25, 0.3) is 0 Å². The van der Waals surface area contributed by atoms with E-state index in [1.165, 1.54) is 0 Å². The molecule has 18 heavy (non-hydrogen) atoms. The summed E-state index contributed by atoms with van der Waals surface area (Å²) in [6.45, 7) is 6.36. The van der Waals surface area contributed by atoms with E-state index in [1.54, 1.807) is 18.4 Å². The highest BCUT2D eigenvalue weighted by atomic mass is 32.2. The Morgan fingerprint density at radius 1 is 1.44 bits per heavy atom. The number of hydrogen-bond donors (Lipinski definition) is 2. The molecule has 0 fully saturated rings. The van der Waals surface area contributed by atoms with Crippen LogP contribution in [0.3, 0.4) is 0 Å². The van der Waals surface area contributed by atoms with Crippen LogP contribution in [-0.2, 0) is 10.8 Å². The van der Waals surface area contributed by atoms with Gasteiger partial charge in [0.1, 0.15) is 5.82 Å². The number of aromatic nitrogens is 1. The fourth-order valence-corrected chi connectivity index (χ4v) is 1.55. The van der Waals surface area contributed by atoms with Gasteiger partial charge < -0.3 is 15.8 Å². The van der Waals surface area contributed by atoms with Crippen molar-refractivity contribution in [2.45, 2.75) is 32.1 Å². The summed E-state index contributed by atoms with van der Waals surface area (Å²) in [5, 5.41) is 3.20. The molecular weight excluding hydrogens is 250 g/mol. The third-order valence-corrected chi connectivity index (χ3v) is 3.67. The second-order valence-corrected chi connectivity index (χ2v) is 6.25. The third-order valence-electron chi connectivity index (χ3n) is 2.37. The first-order chi connectivity index (χ1) is 8.40. The first-order valence-corrected chi connectivity index (χ1v) is 7.51. The Bertz CT molecular complexity index is 424. The van der Waals surface area contributed by atoms with Gasteiger partial charge in [0.05, 0.1) is 11.8 Å². The van der Waals surface area contributed by atoms with Gasteiger partial charge in [-0.3, -0.25) is 4.21 Å². The lowest BCUT2D eigenvalue weighted by molar-refractivity contribution is 0.234. The predicted octanol–water partition coefficient (Wildman–Crippen LogP) is 1.63. The molecule has 0 aliphatic heterocycles. The van der Waals surface area contributed by atoms with Crippen LogP contribution in [0.4, 0.5) is 11.5 Å². The normalized spacial score (nSPS) is 14.3. The highest BCUT2D eigenvalue weighted by Gasteiger charge is 2.09. The van der Waals surface area contributed by atoms with E-state index in [9.17, 15) is 4.21 Å². The first-order valence-electron chi connectivity index (χ1n) is 5.89. The molecule has 6 heteroatoms. The quantitative estimate of drug-likeness (QED) is 0.822. The largest absolute Gasteiger partial charge is 0.473 e. The lowest BCUT2D eigenvalue weighted by Gasteiger charge is -2.14. The van der Waals surface area contributed by atoms with E-state index >= 15 is 0 Å². The summed E-state index contributed by atoms with van der Waals surface area (Å²) < 4.78 is 16.7. The Labute approximate surface area is 111 Å². The zero-order valence-electron chi connectivity index (χ0n) is 11.3. The predicted molar refractivity (Wildman–Crippen MR) is 76.4 cm³/mol. The van der Waals surface area contributed by atoms with Gasteiger partial charge >= 0.3 is 0 Å². The molecule has 0 radical (unpaired) electrons. The van der Waals surface area contributed by atoms with Gasteiger partial charge in [0, 0.05) is 28.9 Å². The molecule has 0 aromatic carbocycles. The molecule has 0 saturated heterocycles. The molecule has 1 aromatic rings. The number of nitrogens with two attached hydrogens (primary N) is 1. The summed E-state index contributed by atoms with van der Waals surface area (Å²) in [5.74, 6) is 1.11. The molecular formula is C12H21N3O2S. The van der Waals surface area contributed by atoms with E-state index in [0.29, 0.717) is 23.9 Å². The Balaban J connectivity index is 2.70. The number of nitrogens with one attached hydrogen (secondary N) is 1. The SMILES string of the molecule is CC(C)Oc1nc(NCC(C)S(C)=O)ccc1N. The van der Waals surface area contributed by atoms with E-state index in [4.69, 9.17) is 10.5 Å². The van der Waals surface area contributed by atoms with Crippen molar-refractivity contribution in [2.24, 2.45) is 0 Å². The van der Waals surface area contributed by atoms with Gasteiger partial charge in [0.2, 0.25) is 5.88 Å². The average Bonchev–Trinajstić information content (AvgIpc) is 2.28. The first kappa shape index (κ1) is 14.8. The van der Waals surface area contributed by atoms with Gasteiger partial charge in [-0.05, 0) is 32.9 Å². The molecule has 0 bridgehead atoms. The van der Waals surface area contributed by atoms with Crippen LogP contribution in [0.5, 0.6) is 5.88 Å². The maximum atomic E-state index is 11.2. The summed E-state index contributed by atoms with van der Waals surface area (Å²) in [6, 6.07) is 3.54. The van der Waals surface area contributed by atoms with Gasteiger partial charge in [-0.2, -0.15) is 4.98 Å². The Hall–Kier alpha value is -1.30. The van der Waals surface area contributed by atoms with Crippen molar-refractivity contribution in [3.05, 3.63) is 12.1 Å². The smallest absolute Gasteiger partial charge is 0.239 e. The average molecular weight is 271 g/mol. The van der Waals surface area contributed by atoms with Crippen molar-refractivity contribution in [1.82, 2.24) is 4.98 Å². The van der Waals surface area contributed by atoms with Crippen molar-refractivity contribution in [1.29, 1.82) is 0 Å². The highest BCUT2D eigenvalue weighted by molar-refractivity contribution is 7.84. The van der Waals surface area contributed by atoms with E-state index in [0.717, 1.165) is 0 Å². The molecule has 3 N–H and O–H groups in total. The van der Waals surface area contributed by atoms with E-state index in [-0.39, 0.29) is 11.4 Å². The molecule has 1 aromatic heterocycles. The molecule has 0 saturated carbocycles. The molecule has 1 heterocycles. The van der Waals surface area contributed by atoms with Gasteiger partial charge in [-0.1, -0.05) is 0 Å². The van der Waals surface area contributed by atoms with Gasteiger partial charge in [0.15, 0.2) is 0 Å². The zero-order chi connectivity index (χ0) is 13.7. The second-order valence-electron chi connectivity index (χ2n) is 4.45. The molecule has 1 rings (SSSR count). The zero-order valence-corrected chi connectivity index (χ0v) is 12.1. The summed E-state index contributed by atoms with van der Waals surface area (Å²) >= 11 is 0. The highest BCUT2D eigenvalue weighted by Crippen LogP contribution is 2.21. The van der Waals surface area contributed by atoms with Crippen molar-refractivity contribution in [3.63, 3.8) is 0 Å². The lowest BCUT2D eigenvalue weighted by Crippen LogP contribution is -2.21. The van der Waals surface area contributed by atoms with Crippen molar-refractivity contribution >= 4 is 22.3 Å². The maximum Gasteiger partial charge on any atom is 0.239 e. The van der Waals surface area contributed by atoms with Crippen LogP contribution in [0.2, 0.25) is 0 Å². The number of hydrogen-bond acceptors (Lipinski definition) is 5. The maximum absolute atomic E-state index is 11.2. The summed E-state index contributed by atoms with van der Waals surface area (Å²) in [6.07, 6.45) is 1.72. The van der Waals surface area contributed by atoms with Crippen molar-refractivity contribution in [2.75, 3.05) is 23.9 Å². The number of pyridine rings is 1. The molecule has 0 amide bonds. The second kappa shape index (κ2) is 6.58. The summed E-state index contributed by atoms with van der Waals surface area (Å²) in [4.78, 5) is 4.29. The Morgan fingerprint density at radius 2 is 2.11 bits per heavy atom. The number of ether oxygens (including phenoxy) is 1. The van der Waals surface area contributed by atoms with Gasteiger partial charge in [-0.15, -0.1) is 0 Å². The molecule has 2 unspecified atom stereocenters. The topological polar surface area (TPSA) is 77.2 Å². The van der Waals surface area contributed by atoms with Crippen LogP contribution in [0.15, 0.2) is 12.1 Å². The monoisotopic (exact) mass is 271 g/mol. The van der Waals surface area contributed by atoms with Crippen LogP contribution in [0.1, 0.15) is 20.8 Å². The van der Waals surface area contributed by atoms with Crippen molar-refractivity contribution in [3.8, 4) is 5.88 Å². The summed E-state index contributed by atoms with van der Waals surface area (Å²) in [7, 11) is -0.849. The van der Waals surface area contributed by atoms with E-state index in [1.807, 2.05) is 20.8 Å². The molecule has 102 valence electrons. The molecule has 0 aliphatic rings.